The van der Waals surface area contributed by atoms with Gasteiger partial charge in [0.1, 0.15) is 29.6 Å². The van der Waals surface area contributed by atoms with Gasteiger partial charge in [0.2, 0.25) is 5.43 Å². The molecular formula is C20H15ClF2N2O3. The zero-order valence-electron chi connectivity index (χ0n) is 14.7. The summed E-state index contributed by atoms with van der Waals surface area (Å²) < 4.78 is 33.4. The molecule has 8 heteroatoms. The molecule has 0 aliphatic heterocycles. The topological polar surface area (TPSA) is 71.2 Å². The zero-order valence-corrected chi connectivity index (χ0v) is 15.5. The van der Waals surface area contributed by atoms with Crippen LogP contribution < -0.4 is 15.5 Å². The molecule has 0 aliphatic carbocycles. The number of carbonyl (C=O) groups excluding carboxylic acids is 1. The average Bonchev–Trinajstić information content (AvgIpc) is 2.62. The van der Waals surface area contributed by atoms with Crippen LogP contribution in [0, 0.1) is 11.6 Å². The number of benzene rings is 2. The number of hydrogen-bond acceptors (Lipinski definition) is 4. The van der Waals surface area contributed by atoms with Gasteiger partial charge < -0.3 is 15.0 Å². The summed E-state index contributed by atoms with van der Waals surface area (Å²) in [4.78, 5) is 27.9. The minimum atomic E-state index is -0.805. The van der Waals surface area contributed by atoms with E-state index in [1.165, 1.54) is 37.3 Å². The number of hydrogen-bond donors (Lipinski definition) is 2. The van der Waals surface area contributed by atoms with Crippen molar-refractivity contribution in [1.82, 2.24) is 4.98 Å². The van der Waals surface area contributed by atoms with Crippen molar-refractivity contribution < 1.29 is 18.3 Å². The van der Waals surface area contributed by atoms with Gasteiger partial charge in [0, 0.05) is 5.69 Å². The third-order valence-electron chi connectivity index (χ3n) is 3.93. The number of H-pyrrole nitrogens is 1. The number of Topliss-reactive ketones (excluding diaryl/α,β-unsaturated/α-hetero) is 1. The molecule has 0 unspecified atom stereocenters. The second kappa shape index (κ2) is 7.82. The van der Waals surface area contributed by atoms with E-state index in [1.54, 1.807) is 0 Å². The molecule has 0 amide bonds. The Bertz CT molecular complexity index is 1160. The van der Waals surface area contributed by atoms with Crippen molar-refractivity contribution in [2.45, 2.75) is 6.92 Å². The molecule has 0 fully saturated rings. The zero-order chi connectivity index (χ0) is 20.4. The summed E-state index contributed by atoms with van der Waals surface area (Å²) >= 11 is 6.04. The number of aromatic amines is 1. The number of carbonyl (C=O) groups is 1. The van der Waals surface area contributed by atoms with Gasteiger partial charge in [-0.05, 0) is 31.2 Å². The molecule has 0 aliphatic rings. The summed E-state index contributed by atoms with van der Waals surface area (Å²) in [5.74, 6) is -2.02. The van der Waals surface area contributed by atoms with Gasteiger partial charge in [-0.2, -0.15) is 0 Å². The minimum Gasteiger partial charge on any atom is -0.487 e. The van der Waals surface area contributed by atoms with Crippen LogP contribution in [-0.2, 0) is 0 Å². The van der Waals surface area contributed by atoms with Crippen LogP contribution in [0.15, 0.2) is 47.8 Å². The van der Waals surface area contributed by atoms with Gasteiger partial charge >= 0.3 is 0 Å². The first-order valence-corrected chi connectivity index (χ1v) is 8.56. The van der Waals surface area contributed by atoms with Crippen LogP contribution in [0.3, 0.4) is 0 Å². The van der Waals surface area contributed by atoms with Crippen molar-refractivity contribution in [3.8, 4) is 5.75 Å². The summed E-state index contributed by atoms with van der Waals surface area (Å²) in [6.45, 7) is 4.74. The highest BCUT2D eigenvalue weighted by molar-refractivity contribution is 6.33. The van der Waals surface area contributed by atoms with Crippen LogP contribution >= 0.6 is 11.6 Å². The molecule has 0 bridgehead atoms. The summed E-state index contributed by atoms with van der Waals surface area (Å²) in [6.07, 6.45) is 1.44. The smallest absolute Gasteiger partial charge is 0.206 e. The summed E-state index contributed by atoms with van der Waals surface area (Å²) in [5, 5.41) is 2.45. The van der Waals surface area contributed by atoms with Gasteiger partial charge in [-0.3, -0.25) is 9.59 Å². The number of fused-ring (bicyclic) bond motifs is 1. The molecule has 2 aromatic carbocycles. The molecular weight excluding hydrogens is 390 g/mol. The Morgan fingerprint density at radius 1 is 1.36 bits per heavy atom. The van der Waals surface area contributed by atoms with Crippen LogP contribution in [0.4, 0.5) is 20.3 Å². The molecule has 144 valence electrons. The van der Waals surface area contributed by atoms with Crippen LogP contribution in [0.5, 0.6) is 5.75 Å². The molecule has 0 saturated carbocycles. The van der Waals surface area contributed by atoms with Crippen molar-refractivity contribution in [3.05, 3.63) is 75.4 Å². The number of pyridine rings is 1. The second-order valence-electron chi connectivity index (χ2n) is 5.91. The van der Waals surface area contributed by atoms with Gasteiger partial charge in [0.15, 0.2) is 11.5 Å². The Kier molecular flexibility index (Phi) is 5.46. The van der Waals surface area contributed by atoms with Crippen molar-refractivity contribution in [2.75, 3.05) is 11.9 Å². The molecule has 0 atom stereocenters. The van der Waals surface area contributed by atoms with Gasteiger partial charge in [-0.15, -0.1) is 0 Å². The SMILES string of the molecule is C=CCOc1c(Cl)cc(F)c2[nH]c(Nc3cccc(F)c3)c(C(C)=O)c(=O)c12. The number of halogens is 3. The van der Waals surface area contributed by atoms with E-state index in [0.717, 1.165) is 6.07 Å². The predicted molar refractivity (Wildman–Crippen MR) is 105 cm³/mol. The number of anilines is 2. The third kappa shape index (κ3) is 3.61. The first kappa shape index (κ1) is 19.6. The molecule has 2 N–H and O–H groups in total. The first-order valence-electron chi connectivity index (χ1n) is 8.18. The molecule has 1 aromatic heterocycles. The third-order valence-corrected chi connectivity index (χ3v) is 4.21. The summed E-state index contributed by atoms with van der Waals surface area (Å²) in [7, 11) is 0. The Hall–Kier alpha value is -3.19. The lowest BCUT2D eigenvalue weighted by Crippen LogP contribution is -2.19. The van der Waals surface area contributed by atoms with E-state index >= 15 is 0 Å². The average molecular weight is 405 g/mol. The second-order valence-corrected chi connectivity index (χ2v) is 6.32. The predicted octanol–water partition coefficient (Wildman–Crippen LogP) is 4.97. The highest BCUT2D eigenvalue weighted by Crippen LogP contribution is 2.34. The van der Waals surface area contributed by atoms with Crippen molar-refractivity contribution >= 4 is 39.8 Å². The number of nitrogens with one attached hydrogen (secondary N) is 2. The number of ketones is 1. The lowest BCUT2D eigenvalue weighted by molar-refractivity contribution is 0.101. The fourth-order valence-corrected chi connectivity index (χ4v) is 3.03. The lowest BCUT2D eigenvalue weighted by Gasteiger charge is -2.15. The first-order chi connectivity index (χ1) is 13.3. The Balaban J connectivity index is 2.31. The molecule has 1 heterocycles. The lowest BCUT2D eigenvalue weighted by atomic mass is 10.1. The van der Waals surface area contributed by atoms with Gasteiger partial charge in [-0.1, -0.05) is 30.3 Å². The van der Waals surface area contributed by atoms with Gasteiger partial charge in [-0.25, -0.2) is 8.78 Å². The van der Waals surface area contributed by atoms with Crippen LogP contribution in [0.1, 0.15) is 17.3 Å². The van der Waals surface area contributed by atoms with E-state index in [-0.39, 0.29) is 45.4 Å². The fraction of sp³-hybridized carbons (Fsp3) is 0.100. The van der Waals surface area contributed by atoms with Crippen molar-refractivity contribution in [2.24, 2.45) is 0 Å². The molecule has 5 nitrogen and oxygen atoms in total. The Morgan fingerprint density at radius 2 is 2.11 bits per heavy atom. The standard InChI is InChI=1S/C20H15ClF2N2O3/c1-3-7-28-19-13(21)9-14(23)17-16(19)18(27)15(10(2)26)20(25-17)24-12-6-4-5-11(22)8-12/h3-6,8-9H,1,7H2,2H3,(H2,24,25,27). The Morgan fingerprint density at radius 3 is 2.75 bits per heavy atom. The number of rotatable bonds is 6. The van der Waals surface area contributed by atoms with Crippen LogP contribution in [-0.4, -0.2) is 17.4 Å². The quantitative estimate of drug-likeness (QED) is 0.449. The monoisotopic (exact) mass is 404 g/mol. The maximum Gasteiger partial charge on any atom is 0.206 e. The normalized spacial score (nSPS) is 10.7. The molecule has 28 heavy (non-hydrogen) atoms. The maximum absolute atomic E-state index is 14.5. The summed E-state index contributed by atoms with van der Waals surface area (Å²) in [5.41, 5.74) is -0.949. The van der Waals surface area contributed by atoms with E-state index in [2.05, 4.69) is 16.9 Å². The van der Waals surface area contributed by atoms with Crippen LogP contribution in [0.25, 0.3) is 10.9 Å². The highest BCUT2D eigenvalue weighted by atomic mass is 35.5. The van der Waals surface area contributed by atoms with Crippen molar-refractivity contribution in [1.29, 1.82) is 0 Å². The Labute approximate surface area is 163 Å². The number of aromatic nitrogens is 1. The van der Waals surface area contributed by atoms with E-state index < -0.39 is 22.8 Å². The van der Waals surface area contributed by atoms with Gasteiger partial charge in [0.25, 0.3) is 0 Å². The largest absolute Gasteiger partial charge is 0.487 e. The van der Waals surface area contributed by atoms with Crippen molar-refractivity contribution in [3.63, 3.8) is 0 Å². The minimum absolute atomic E-state index is 0.0264. The van der Waals surface area contributed by atoms with Crippen LogP contribution in [0.2, 0.25) is 5.02 Å². The van der Waals surface area contributed by atoms with E-state index in [4.69, 9.17) is 16.3 Å². The molecule has 3 rings (SSSR count). The van der Waals surface area contributed by atoms with E-state index in [1.807, 2.05) is 0 Å². The van der Waals surface area contributed by atoms with Gasteiger partial charge in [0.05, 0.1) is 15.9 Å². The fourth-order valence-electron chi connectivity index (χ4n) is 2.79. The molecule has 3 aromatic rings. The summed E-state index contributed by atoms with van der Waals surface area (Å²) in [6, 6.07) is 6.39. The van der Waals surface area contributed by atoms with E-state index in [9.17, 15) is 18.4 Å². The number of ether oxygens (including phenoxy) is 1. The molecule has 0 saturated heterocycles. The maximum atomic E-state index is 14.5. The highest BCUT2D eigenvalue weighted by Gasteiger charge is 2.23. The van der Waals surface area contributed by atoms with E-state index in [0.29, 0.717) is 0 Å². The molecule has 0 spiro atoms. The molecule has 0 radical (unpaired) electrons.